The maximum Gasteiger partial charge on any atom is 0.401 e. The fourth-order valence-electron chi connectivity index (χ4n) is 2.31. The molecule has 0 saturated carbocycles. The number of halogens is 3. The van der Waals surface area contributed by atoms with E-state index in [1.807, 2.05) is 31.2 Å². The number of nitrogens with zero attached hydrogens (tertiary/aromatic N) is 1. The van der Waals surface area contributed by atoms with Crippen molar-refractivity contribution in [2.75, 3.05) is 19.7 Å². The number of hydrogen-bond donors (Lipinski definition) is 2. The molecule has 1 aromatic rings. The van der Waals surface area contributed by atoms with Gasteiger partial charge in [-0.3, -0.25) is 9.69 Å². The minimum Gasteiger partial charge on any atom is -0.395 e. The third-order valence-electron chi connectivity index (χ3n) is 3.50. The fourth-order valence-corrected chi connectivity index (χ4v) is 2.31. The Balaban J connectivity index is 2.61. The Bertz CT molecular complexity index is 502. The van der Waals surface area contributed by atoms with E-state index >= 15 is 0 Å². The number of alkyl halides is 3. The first-order chi connectivity index (χ1) is 10.7. The summed E-state index contributed by atoms with van der Waals surface area (Å²) in [5.74, 6) is -0.498. The molecule has 0 spiro atoms. The van der Waals surface area contributed by atoms with Crippen LogP contribution in [0.3, 0.4) is 0 Å². The van der Waals surface area contributed by atoms with Crippen molar-refractivity contribution in [1.82, 2.24) is 10.2 Å². The van der Waals surface area contributed by atoms with Crippen LogP contribution in [0.15, 0.2) is 24.3 Å². The second-order valence-electron chi connectivity index (χ2n) is 5.53. The summed E-state index contributed by atoms with van der Waals surface area (Å²) < 4.78 is 37.9. The molecule has 0 bridgehead atoms. The standard InChI is InChI=1S/C16H23F3N2O2/c1-3-14(10-22)21(11-16(17,18)19)9-15(23)20-8-13-6-4-5-12(2)7-13/h4-7,14,22H,3,8-11H2,1-2H3,(H,20,23). The third-order valence-corrected chi connectivity index (χ3v) is 3.50. The number of nitrogens with one attached hydrogen (secondary N) is 1. The average Bonchev–Trinajstić information content (AvgIpc) is 2.45. The molecule has 1 atom stereocenters. The van der Waals surface area contributed by atoms with Crippen LogP contribution in [0.25, 0.3) is 0 Å². The lowest BCUT2D eigenvalue weighted by Gasteiger charge is -2.29. The smallest absolute Gasteiger partial charge is 0.395 e. The van der Waals surface area contributed by atoms with Crippen molar-refractivity contribution in [3.63, 3.8) is 0 Å². The van der Waals surface area contributed by atoms with Crippen molar-refractivity contribution in [3.05, 3.63) is 35.4 Å². The van der Waals surface area contributed by atoms with Gasteiger partial charge in [0, 0.05) is 12.6 Å². The maximum absolute atomic E-state index is 12.6. The number of rotatable bonds is 8. The molecule has 2 N–H and O–H groups in total. The Morgan fingerprint density at radius 2 is 2.09 bits per heavy atom. The molecule has 23 heavy (non-hydrogen) atoms. The minimum absolute atomic E-state index is 0.260. The van der Waals surface area contributed by atoms with Crippen LogP contribution in [0.2, 0.25) is 0 Å². The molecule has 7 heteroatoms. The van der Waals surface area contributed by atoms with Crippen molar-refractivity contribution in [1.29, 1.82) is 0 Å². The Morgan fingerprint density at radius 1 is 1.39 bits per heavy atom. The molecule has 4 nitrogen and oxygen atoms in total. The normalized spacial score (nSPS) is 13.2. The summed E-state index contributed by atoms with van der Waals surface area (Å²) in [6.07, 6.45) is -4.09. The van der Waals surface area contributed by atoms with Gasteiger partial charge in [-0.15, -0.1) is 0 Å². The van der Waals surface area contributed by atoms with Gasteiger partial charge in [0.1, 0.15) is 0 Å². The van der Waals surface area contributed by atoms with Gasteiger partial charge in [0.25, 0.3) is 0 Å². The summed E-state index contributed by atoms with van der Waals surface area (Å²) in [6.45, 7) is 1.82. The highest BCUT2D eigenvalue weighted by molar-refractivity contribution is 5.78. The van der Waals surface area contributed by atoms with Crippen LogP contribution in [0.5, 0.6) is 0 Å². The second kappa shape index (κ2) is 8.88. The Kier molecular flexibility index (Phi) is 7.51. The van der Waals surface area contributed by atoms with E-state index in [-0.39, 0.29) is 6.54 Å². The van der Waals surface area contributed by atoms with Crippen LogP contribution in [-0.4, -0.2) is 47.8 Å². The van der Waals surface area contributed by atoms with Crippen molar-refractivity contribution in [2.24, 2.45) is 0 Å². The van der Waals surface area contributed by atoms with Crippen molar-refractivity contribution < 1.29 is 23.1 Å². The van der Waals surface area contributed by atoms with Gasteiger partial charge in [0.05, 0.1) is 19.7 Å². The summed E-state index contributed by atoms with van der Waals surface area (Å²) >= 11 is 0. The van der Waals surface area contributed by atoms with Gasteiger partial charge in [-0.1, -0.05) is 36.8 Å². The molecule has 0 heterocycles. The predicted molar refractivity (Wildman–Crippen MR) is 81.8 cm³/mol. The highest BCUT2D eigenvalue weighted by Crippen LogP contribution is 2.18. The first-order valence-electron chi connectivity index (χ1n) is 7.49. The van der Waals surface area contributed by atoms with Crippen LogP contribution in [0.4, 0.5) is 13.2 Å². The molecule has 0 aliphatic rings. The highest BCUT2D eigenvalue weighted by atomic mass is 19.4. The number of amides is 1. The zero-order chi connectivity index (χ0) is 17.5. The lowest BCUT2D eigenvalue weighted by molar-refractivity contribution is -0.155. The predicted octanol–water partition coefficient (Wildman–Crippen LogP) is 2.25. The molecule has 1 unspecified atom stereocenters. The Hall–Kier alpha value is -1.60. The Labute approximate surface area is 134 Å². The molecule has 0 aliphatic heterocycles. The van der Waals surface area contributed by atoms with Crippen molar-refractivity contribution in [2.45, 2.75) is 39.0 Å². The van der Waals surface area contributed by atoms with Crippen molar-refractivity contribution in [3.8, 4) is 0 Å². The number of aliphatic hydroxyl groups is 1. The highest BCUT2D eigenvalue weighted by Gasteiger charge is 2.34. The van der Waals surface area contributed by atoms with Gasteiger partial charge >= 0.3 is 6.18 Å². The fraction of sp³-hybridized carbons (Fsp3) is 0.562. The molecular formula is C16H23F3N2O2. The van der Waals surface area contributed by atoms with E-state index in [0.717, 1.165) is 16.0 Å². The van der Waals surface area contributed by atoms with E-state index in [9.17, 15) is 23.1 Å². The molecule has 0 aliphatic carbocycles. The first kappa shape index (κ1) is 19.4. The van der Waals surface area contributed by atoms with E-state index in [1.165, 1.54) is 0 Å². The molecule has 1 rings (SSSR count). The third kappa shape index (κ3) is 7.47. The van der Waals surface area contributed by atoms with E-state index < -0.39 is 37.8 Å². The molecule has 0 fully saturated rings. The van der Waals surface area contributed by atoms with Gasteiger partial charge in [0.15, 0.2) is 0 Å². The van der Waals surface area contributed by atoms with Gasteiger partial charge in [0.2, 0.25) is 5.91 Å². The molecule has 130 valence electrons. The first-order valence-corrected chi connectivity index (χ1v) is 7.49. The van der Waals surface area contributed by atoms with Gasteiger partial charge in [-0.25, -0.2) is 0 Å². The SMILES string of the molecule is CCC(CO)N(CC(=O)NCc1cccc(C)c1)CC(F)(F)F. The number of carbonyl (C=O) groups excluding carboxylic acids is 1. The number of aliphatic hydroxyl groups excluding tert-OH is 1. The molecule has 0 radical (unpaired) electrons. The van der Waals surface area contributed by atoms with Gasteiger partial charge in [-0.2, -0.15) is 13.2 Å². The second-order valence-corrected chi connectivity index (χ2v) is 5.53. The Morgan fingerprint density at radius 3 is 2.61 bits per heavy atom. The maximum atomic E-state index is 12.6. The number of aryl methyl sites for hydroxylation is 1. The van der Waals surface area contributed by atoms with Crippen LogP contribution >= 0.6 is 0 Å². The largest absolute Gasteiger partial charge is 0.401 e. The quantitative estimate of drug-likeness (QED) is 0.768. The van der Waals surface area contributed by atoms with Crippen LogP contribution < -0.4 is 5.32 Å². The van der Waals surface area contributed by atoms with Crippen molar-refractivity contribution >= 4 is 5.91 Å². The van der Waals surface area contributed by atoms with Gasteiger partial charge < -0.3 is 10.4 Å². The molecule has 1 amide bonds. The summed E-state index contributed by atoms with van der Waals surface area (Å²) in [5.41, 5.74) is 1.93. The topological polar surface area (TPSA) is 52.6 Å². The summed E-state index contributed by atoms with van der Waals surface area (Å²) in [6, 6.07) is 6.82. The molecule has 1 aromatic carbocycles. The monoisotopic (exact) mass is 332 g/mol. The minimum atomic E-state index is -4.42. The average molecular weight is 332 g/mol. The van der Waals surface area contributed by atoms with E-state index in [1.54, 1.807) is 6.92 Å². The molecular weight excluding hydrogens is 309 g/mol. The number of benzene rings is 1. The molecule has 0 saturated heterocycles. The lowest BCUT2D eigenvalue weighted by Crippen LogP contribution is -2.48. The lowest BCUT2D eigenvalue weighted by atomic mass is 10.1. The van der Waals surface area contributed by atoms with E-state index in [0.29, 0.717) is 6.42 Å². The van der Waals surface area contributed by atoms with Gasteiger partial charge in [-0.05, 0) is 18.9 Å². The number of hydrogen-bond acceptors (Lipinski definition) is 3. The van der Waals surface area contributed by atoms with E-state index in [2.05, 4.69) is 5.32 Å². The zero-order valence-corrected chi connectivity index (χ0v) is 13.4. The van der Waals surface area contributed by atoms with Crippen LogP contribution in [-0.2, 0) is 11.3 Å². The summed E-state index contributed by atoms with van der Waals surface area (Å²) in [5, 5.41) is 11.8. The summed E-state index contributed by atoms with van der Waals surface area (Å²) in [4.78, 5) is 12.9. The van der Waals surface area contributed by atoms with E-state index in [4.69, 9.17) is 0 Å². The number of carbonyl (C=O) groups is 1. The zero-order valence-electron chi connectivity index (χ0n) is 13.4. The molecule has 0 aromatic heterocycles. The van der Waals surface area contributed by atoms with Crippen LogP contribution in [0, 0.1) is 6.92 Å². The van der Waals surface area contributed by atoms with Crippen LogP contribution in [0.1, 0.15) is 24.5 Å². The summed E-state index contributed by atoms with van der Waals surface area (Å²) in [7, 11) is 0.